The first-order chi connectivity index (χ1) is 6.73. The first-order valence-corrected chi connectivity index (χ1v) is 5.74. The molecule has 0 N–H and O–H groups in total. The van der Waals surface area contributed by atoms with Crippen molar-refractivity contribution in [1.82, 2.24) is 0 Å². The van der Waals surface area contributed by atoms with E-state index in [2.05, 4.69) is 6.92 Å². The van der Waals surface area contributed by atoms with E-state index in [9.17, 15) is 0 Å². The molecule has 0 spiro atoms. The predicted octanol–water partition coefficient (Wildman–Crippen LogP) is 3.01. The van der Waals surface area contributed by atoms with Gasteiger partial charge in [0.25, 0.3) is 0 Å². The van der Waals surface area contributed by atoms with Crippen LogP contribution >= 0.6 is 0 Å². The monoisotopic (exact) mass is 200 g/mol. The third-order valence-corrected chi connectivity index (χ3v) is 3.64. The molecule has 0 aromatic carbocycles. The number of rotatable bonds is 5. The van der Waals surface area contributed by atoms with Crippen LogP contribution in [0.2, 0.25) is 0 Å². The predicted molar refractivity (Wildman–Crippen MR) is 58.5 cm³/mol. The zero-order valence-corrected chi connectivity index (χ0v) is 9.84. The average Bonchev–Trinajstić information content (AvgIpc) is 2.20. The minimum atomic E-state index is 0.378. The lowest BCUT2D eigenvalue weighted by Crippen LogP contribution is -2.36. The summed E-state index contributed by atoms with van der Waals surface area (Å²) < 4.78 is 10.7. The minimum Gasteiger partial charge on any atom is -0.385 e. The van der Waals surface area contributed by atoms with Gasteiger partial charge in [-0.1, -0.05) is 26.2 Å². The Balaban J connectivity index is 2.47. The van der Waals surface area contributed by atoms with Gasteiger partial charge in [0, 0.05) is 20.8 Å². The van der Waals surface area contributed by atoms with E-state index in [1.54, 1.807) is 7.11 Å². The van der Waals surface area contributed by atoms with Crippen molar-refractivity contribution >= 4 is 0 Å². The second kappa shape index (κ2) is 5.72. The van der Waals surface area contributed by atoms with Crippen LogP contribution in [0.5, 0.6) is 0 Å². The van der Waals surface area contributed by atoms with Crippen molar-refractivity contribution in [1.29, 1.82) is 0 Å². The lowest BCUT2D eigenvalue weighted by Gasteiger charge is -2.39. The summed E-state index contributed by atoms with van der Waals surface area (Å²) in [5.41, 5.74) is 0.394. The molecule has 0 saturated heterocycles. The second-order valence-corrected chi connectivity index (χ2v) is 4.72. The summed E-state index contributed by atoms with van der Waals surface area (Å²) in [4.78, 5) is 0. The van der Waals surface area contributed by atoms with Gasteiger partial charge in [-0.2, -0.15) is 0 Å². The molecule has 1 rings (SSSR count). The topological polar surface area (TPSA) is 18.5 Å². The van der Waals surface area contributed by atoms with E-state index >= 15 is 0 Å². The Kier molecular flexibility index (Phi) is 4.90. The van der Waals surface area contributed by atoms with Gasteiger partial charge in [0.15, 0.2) is 0 Å². The number of ether oxygens (including phenoxy) is 2. The summed E-state index contributed by atoms with van der Waals surface area (Å²) in [7, 11) is 3.59. The Hall–Kier alpha value is -0.0800. The van der Waals surface area contributed by atoms with Crippen molar-refractivity contribution in [3.63, 3.8) is 0 Å². The zero-order chi connectivity index (χ0) is 10.4. The van der Waals surface area contributed by atoms with Crippen molar-refractivity contribution in [2.75, 3.05) is 20.8 Å². The van der Waals surface area contributed by atoms with E-state index < -0.39 is 0 Å². The lowest BCUT2D eigenvalue weighted by atomic mass is 9.71. The molecule has 1 saturated carbocycles. The molecule has 1 aliphatic rings. The molecule has 0 amide bonds. The van der Waals surface area contributed by atoms with E-state index in [1.165, 1.54) is 32.1 Å². The molecule has 0 aromatic heterocycles. The summed E-state index contributed by atoms with van der Waals surface area (Å²) in [5.74, 6) is 0. The van der Waals surface area contributed by atoms with Crippen LogP contribution < -0.4 is 0 Å². The van der Waals surface area contributed by atoms with E-state index in [4.69, 9.17) is 9.47 Å². The molecule has 0 radical (unpaired) electrons. The first kappa shape index (κ1) is 12.0. The highest BCUT2D eigenvalue weighted by molar-refractivity contribution is 4.86. The molecule has 1 fully saturated rings. The Morgan fingerprint density at radius 2 is 1.79 bits per heavy atom. The summed E-state index contributed by atoms with van der Waals surface area (Å²) in [6, 6.07) is 0. The normalized spacial score (nSPS) is 23.4. The van der Waals surface area contributed by atoms with Crippen LogP contribution in [0.15, 0.2) is 0 Å². The summed E-state index contributed by atoms with van der Waals surface area (Å²) in [6.07, 6.45) is 8.17. The van der Waals surface area contributed by atoms with Crippen molar-refractivity contribution in [2.45, 2.75) is 51.6 Å². The standard InChI is InChI=1S/C12H24O2/c1-12(8-5-4-6-9-12)11(14-3)7-10-13-2/h11H,4-10H2,1-3H3. The fourth-order valence-corrected chi connectivity index (χ4v) is 2.66. The van der Waals surface area contributed by atoms with E-state index in [0.29, 0.717) is 11.5 Å². The molecular weight excluding hydrogens is 176 g/mol. The highest BCUT2D eigenvalue weighted by atomic mass is 16.5. The third kappa shape index (κ3) is 2.96. The second-order valence-electron chi connectivity index (χ2n) is 4.72. The van der Waals surface area contributed by atoms with E-state index in [1.807, 2.05) is 7.11 Å². The number of hydrogen-bond acceptors (Lipinski definition) is 2. The SMILES string of the molecule is COCCC(OC)C1(C)CCCCC1. The number of hydrogen-bond donors (Lipinski definition) is 0. The lowest BCUT2D eigenvalue weighted by molar-refractivity contribution is -0.0398. The minimum absolute atomic E-state index is 0.378. The molecular formula is C12H24O2. The smallest absolute Gasteiger partial charge is 0.0646 e. The Morgan fingerprint density at radius 1 is 1.14 bits per heavy atom. The Bertz CT molecular complexity index is 150. The van der Waals surface area contributed by atoms with Gasteiger partial charge < -0.3 is 9.47 Å². The average molecular weight is 200 g/mol. The molecule has 1 aliphatic carbocycles. The molecule has 2 heteroatoms. The van der Waals surface area contributed by atoms with Crippen molar-refractivity contribution in [3.05, 3.63) is 0 Å². The number of methoxy groups -OCH3 is 2. The van der Waals surface area contributed by atoms with Gasteiger partial charge in [-0.25, -0.2) is 0 Å². The molecule has 1 unspecified atom stereocenters. The Morgan fingerprint density at radius 3 is 2.29 bits per heavy atom. The van der Waals surface area contributed by atoms with Gasteiger partial charge in [-0.05, 0) is 24.7 Å². The van der Waals surface area contributed by atoms with Crippen molar-refractivity contribution in [2.24, 2.45) is 5.41 Å². The first-order valence-electron chi connectivity index (χ1n) is 5.74. The highest BCUT2D eigenvalue weighted by Crippen LogP contribution is 2.40. The van der Waals surface area contributed by atoms with Gasteiger partial charge >= 0.3 is 0 Å². The van der Waals surface area contributed by atoms with Gasteiger partial charge in [0.1, 0.15) is 0 Å². The summed E-state index contributed by atoms with van der Waals surface area (Å²) in [6.45, 7) is 3.18. The van der Waals surface area contributed by atoms with Gasteiger partial charge in [-0.3, -0.25) is 0 Å². The quantitative estimate of drug-likeness (QED) is 0.679. The van der Waals surface area contributed by atoms with Crippen LogP contribution in [0.25, 0.3) is 0 Å². The fraction of sp³-hybridized carbons (Fsp3) is 1.00. The van der Waals surface area contributed by atoms with Crippen molar-refractivity contribution < 1.29 is 9.47 Å². The van der Waals surface area contributed by atoms with Crippen LogP contribution in [0.1, 0.15) is 45.4 Å². The molecule has 0 aliphatic heterocycles. The van der Waals surface area contributed by atoms with Crippen LogP contribution in [0.4, 0.5) is 0 Å². The van der Waals surface area contributed by atoms with E-state index in [-0.39, 0.29) is 0 Å². The van der Waals surface area contributed by atoms with Gasteiger partial charge in [0.05, 0.1) is 6.10 Å². The fourth-order valence-electron chi connectivity index (χ4n) is 2.66. The van der Waals surface area contributed by atoms with Crippen LogP contribution in [-0.2, 0) is 9.47 Å². The van der Waals surface area contributed by atoms with E-state index in [0.717, 1.165) is 13.0 Å². The van der Waals surface area contributed by atoms with Crippen LogP contribution in [0.3, 0.4) is 0 Å². The van der Waals surface area contributed by atoms with Crippen LogP contribution in [0, 0.1) is 5.41 Å². The molecule has 2 nitrogen and oxygen atoms in total. The van der Waals surface area contributed by atoms with Gasteiger partial charge in [0.2, 0.25) is 0 Å². The largest absolute Gasteiger partial charge is 0.385 e. The molecule has 0 aromatic rings. The van der Waals surface area contributed by atoms with Crippen molar-refractivity contribution in [3.8, 4) is 0 Å². The zero-order valence-electron chi connectivity index (χ0n) is 9.84. The maximum atomic E-state index is 5.61. The maximum absolute atomic E-state index is 5.61. The maximum Gasteiger partial charge on any atom is 0.0646 e. The Labute approximate surface area is 88.0 Å². The van der Waals surface area contributed by atoms with Gasteiger partial charge in [-0.15, -0.1) is 0 Å². The third-order valence-electron chi connectivity index (χ3n) is 3.64. The highest BCUT2D eigenvalue weighted by Gasteiger charge is 2.35. The van der Waals surface area contributed by atoms with Crippen LogP contribution in [-0.4, -0.2) is 26.9 Å². The summed E-state index contributed by atoms with van der Waals surface area (Å²) >= 11 is 0. The molecule has 84 valence electrons. The molecule has 0 heterocycles. The summed E-state index contributed by atoms with van der Waals surface area (Å²) in [5, 5.41) is 0. The molecule has 1 atom stereocenters. The molecule has 0 bridgehead atoms. The molecule has 14 heavy (non-hydrogen) atoms.